The molecule has 0 saturated carbocycles. The first-order valence-electron chi connectivity index (χ1n) is 8.42. The maximum Gasteiger partial charge on any atom is 0.416 e. The number of guanidine groups is 1. The molecular formula is C16H24F3IN4O3S. The van der Waals surface area contributed by atoms with Gasteiger partial charge in [0.1, 0.15) is 6.10 Å². The number of nitrogens with two attached hydrogens (primary N) is 1. The van der Waals surface area contributed by atoms with Crippen molar-refractivity contribution in [2.24, 2.45) is 10.1 Å². The molecule has 0 aliphatic carbocycles. The Kier molecular flexibility index (Phi) is 9.43. The number of aliphatic imine (C=N–C) groups is 1. The molecule has 1 unspecified atom stereocenters. The number of hydrogen-bond donors (Lipinski definition) is 2. The van der Waals surface area contributed by atoms with E-state index in [-0.39, 0.29) is 36.3 Å². The molecule has 0 aromatic heterocycles. The van der Waals surface area contributed by atoms with Gasteiger partial charge in [-0.15, -0.1) is 24.0 Å². The van der Waals surface area contributed by atoms with E-state index < -0.39 is 27.9 Å². The monoisotopic (exact) mass is 536 g/mol. The summed E-state index contributed by atoms with van der Waals surface area (Å²) < 4.78 is 66.6. The van der Waals surface area contributed by atoms with Gasteiger partial charge < -0.3 is 15.0 Å². The molecule has 1 heterocycles. The second-order valence-electron chi connectivity index (χ2n) is 6.03. The van der Waals surface area contributed by atoms with Gasteiger partial charge >= 0.3 is 6.18 Å². The molecule has 0 radical (unpaired) electrons. The van der Waals surface area contributed by atoms with Gasteiger partial charge in [0, 0.05) is 13.1 Å². The molecule has 1 aromatic carbocycles. The van der Waals surface area contributed by atoms with Crippen LogP contribution in [0.4, 0.5) is 13.2 Å². The third-order valence-electron chi connectivity index (χ3n) is 3.92. The molecule has 160 valence electrons. The SMILES string of the molecule is CCNC(=NCCS(N)(=O)=O)N1CCOC(c2cccc(C(F)(F)F)c2)C1.I. The van der Waals surface area contributed by atoms with Crippen molar-refractivity contribution in [2.45, 2.75) is 19.2 Å². The number of nitrogens with zero attached hydrogens (tertiary/aromatic N) is 2. The molecule has 0 bridgehead atoms. The van der Waals surface area contributed by atoms with Crippen molar-refractivity contribution in [3.63, 3.8) is 0 Å². The molecule has 12 heteroatoms. The lowest BCUT2D eigenvalue weighted by Gasteiger charge is -2.35. The van der Waals surface area contributed by atoms with Gasteiger partial charge in [0.25, 0.3) is 0 Å². The van der Waals surface area contributed by atoms with E-state index in [4.69, 9.17) is 9.88 Å². The van der Waals surface area contributed by atoms with E-state index in [0.29, 0.717) is 37.8 Å². The lowest BCUT2D eigenvalue weighted by molar-refractivity contribution is -0.137. The van der Waals surface area contributed by atoms with E-state index in [1.807, 2.05) is 11.8 Å². The largest absolute Gasteiger partial charge is 0.416 e. The van der Waals surface area contributed by atoms with Crippen LogP contribution in [0, 0.1) is 0 Å². The highest BCUT2D eigenvalue weighted by Crippen LogP contribution is 2.32. The topological polar surface area (TPSA) is 97.0 Å². The first-order chi connectivity index (χ1) is 12.6. The van der Waals surface area contributed by atoms with Gasteiger partial charge in [-0.05, 0) is 24.6 Å². The highest BCUT2D eigenvalue weighted by atomic mass is 127. The Labute approximate surface area is 179 Å². The van der Waals surface area contributed by atoms with E-state index >= 15 is 0 Å². The van der Waals surface area contributed by atoms with Crippen LogP contribution in [-0.2, 0) is 20.9 Å². The molecule has 1 fully saturated rings. The number of hydrogen-bond acceptors (Lipinski definition) is 4. The lowest BCUT2D eigenvalue weighted by atomic mass is 10.0. The Morgan fingerprint density at radius 3 is 2.75 bits per heavy atom. The third kappa shape index (κ3) is 7.72. The third-order valence-corrected chi connectivity index (χ3v) is 4.68. The molecule has 1 saturated heterocycles. The van der Waals surface area contributed by atoms with Crippen LogP contribution in [0.2, 0.25) is 0 Å². The van der Waals surface area contributed by atoms with Crippen LogP contribution in [0.1, 0.15) is 24.2 Å². The first-order valence-corrected chi connectivity index (χ1v) is 10.1. The lowest BCUT2D eigenvalue weighted by Crippen LogP contribution is -2.48. The molecule has 0 spiro atoms. The predicted molar refractivity (Wildman–Crippen MR) is 111 cm³/mol. The Balaban J connectivity index is 0.00000392. The van der Waals surface area contributed by atoms with Crippen molar-refractivity contribution in [1.82, 2.24) is 10.2 Å². The molecule has 3 N–H and O–H groups in total. The summed E-state index contributed by atoms with van der Waals surface area (Å²) in [5.74, 6) is 0.185. The Morgan fingerprint density at radius 2 is 2.14 bits per heavy atom. The first kappa shape index (κ1) is 24.9. The van der Waals surface area contributed by atoms with E-state index in [1.165, 1.54) is 6.07 Å². The zero-order valence-electron chi connectivity index (χ0n) is 15.3. The Hall–Kier alpha value is -1.12. The van der Waals surface area contributed by atoms with E-state index in [1.54, 1.807) is 6.07 Å². The normalized spacial score (nSPS) is 18.5. The minimum atomic E-state index is -4.42. The van der Waals surface area contributed by atoms with Crippen molar-refractivity contribution in [3.05, 3.63) is 35.4 Å². The average molecular weight is 536 g/mol. The van der Waals surface area contributed by atoms with Crippen LogP contribution >= 0.6 is 24.0 Å². The number of benzene rings is 1. The van der Waals surface area contributed by atoms with Crippen molar-refractivity contribution in [2.75, 3.05) is 38.5 Å². The number of ether oxygens (including phenoxy) is 1. The summed E-state index contributed by atoms with van der Waals surface area (Å²) in [5.41, 5.74) is -0.302. The summed E-state index contributed by atoms with van der Waals surface area (Å²) in [5, 5.41) is 8.03. The summed E-state index contributed by atoms with van der Waals surface area (Å²) in [4.78, 5) is 6.08. The average Bonchev–Trinajstić information content (AvgIpc) is 2.59. The zero-order chi connectivity index (χ0) is 20.1. The van der Waals surface area contributed by atoms with Crippen molar-refractivity contribution >= 4 is 40.0 Å². The van der Waals surface area contributed by atoms with E-state index in [2.05, 4.69) is 10.3 Å². The maximum atomic E-state index is 12.9. The Morgan fingerprint density at radius 1 is 1.43 bits per heavy atom. The molecule has 2 rings (SSSR count). The number of primary sulfonamides is 1. The van der Waals surface area contributed by atoms with Gasteiger partial charge in [0.15, 0.2) is 5.96 Å². The highest BCUT2D eigenvalue weighted by Gasteiger charge is 2.32. The summed E-state index contributed by atoms with van der Waals surface area (Å²) in [6.07, 6.45) is -4.97. The minimum absolute atomic E-state index is 0. The number of morpholine rings is 1. The summed E-state index contributed by atoms with van der Waals surface area (Å²) >= 11 is 0. The second kappa shape index (κ2) is 10.6. The van der Waals surface area contributed by atoms with Crippen LogP contribution in [0.15, 0.2) is 29.3 Å². The van der Waals surface area contributed by atoms with Crippen LogP contribution < -0.4 is 10.5 Å². The van der Waals surface area contributed by atoms with E-state index in [9.17, 15) is 21.6 Å². The second-order valence-corrected chi connectivity index (χ2v) is 7.77. The summed E-state index contributed by atoms with van der Waals surface area (Å²) in [6, 6.07) is 5.04. The minimum Gasteiger partial charge on any atom is -0.370 e. The molecule has 1 atom stereocenters. The molecule has 1 aliphatic heterocycles. The number of sulfonamides is 1. The van der Waals surface area contributed by atoms with Gasteiger partial charge in [-0.3, -0.25) is 4.99 Å². The van der Waals surface area contributed by atoms with Crippen LogP contribution in [0.5, 0.6) is 0 Å². The molecule has 1 aromatic rings. The molecule has 0 amide bonds. The number of nitrogens with one attached hydrogen (secondary N) is 1. The summed E-state index contributed by atoms with van der Waals surface area (Å²) in [7, 11) is -3.62. The van der Waals surface area contributed by atoms with Crippen LogP contribution in [-0.4, -0.2) is 57.8 Å². The predicted octanol–water partition coefficient (Wildman–Crippen LogP) is 1.95. The zero-order valence-corrected chi connectivity index (χ0v) is 18.4. The molecule has 1 aliphatic rings. The molecule has 28 heavy (non-hydrogen) atoms. The number of halogens is 4. The highest BCUT2D eigenvalue weighted by molar-refractivity contribution is 14.0. The van der Waals surface area contributed by atoms with Crippen molar-refractivity contribution in [3.8, 4) is 0 Å². The fourth-order valence-electron chi connectivity index (χ4n) is 2.66. The quantitative estimate of drug-likeness (QED) is 0.341. The standard InChI is InChI=1S/C16H23F3N4O3S.HI/c1-2-21-15(22-6-9-27(20,24)25)23-7-8-26-14(11-23)12-4-3-5-13(10-12)16(17,18)19;/h3-5,10,14H,2,6-9,11H2,1H3,(H,21,22)(H2,20,24,25);1H. The van der Waals surface area contributed by atoms with Crippen molar-refractivity contribution in [1.29, 1.82) is 0 Å². The smallest absolute Gasteiger partial charge is 0.370 e. The molecule has 7 nitrogen and oxygen atoms in total. The van der Waals surface area contributed by atoms with Crippen molar-refractivity contribution < 1.29 is 26.3 Å². The van der Waals surface area contributed by atoms with E-state index in [0.717, 1.165) is 12.1 Å². The van der Waals surface area contributed by atoms with Gasteiger partial charge in [-0.1, -0.05) is 12.1 Å². The number of alkyl halides is 3. The Bertz CT molecular complexity index is 775. The van der Waals surface area contributed by atoms with Crippen LogP contribution in [0.3, 0.4) is 0 Å². The summed E-state index contributed by atoms with van der Waals surface area (Å²) in [6.45, 7) is 3.49. The fraction of sp³-hybridized carbons (Fsp3) is 0.562. The van der Waals surface area contributed by atoms with Gasteiger partial charge in [0.2, 0.25) is 10.0 Å². The maximum absolute atomic E-state index is 12.9. The molecular weight excluding hydrogens is 512 g/mol. The van der Waals surface area contributed by atoms with Gasteiger partial charge in [-0.25, -0.2) is 13.6 Å². The number of rotatable bonds is 5. The van der Waals surface area contributed by atoms with Gasteiger partial charge in [-0.2, -0.15) is 13.2 Å². The fourth-order valence-corrected chi connectivity index (χ4v) is 3.01. The van der Waals surface area contributed by atoms with Crippen LogP contribution in [0.25, 0.3) is 0 Å². The van der Waals surface area contributed by atoms with Gasteiger partial charge in [0.05, 0.1) is 31.0 Å².